The average molecular weight is 223 g/mol. The molecule has 0 bridgehead atoms. The molecule has 5 nitrogen and oxygen atoms in total. The normalized spacial score (nSPS) is 10.0. The molecule has 0 aliphatic heterocycles. The molecule has 0 aliphatic carbocycles. The minimum Gasteiger partial charge on any atom is -0.465 e. The van der Waals surface area contributed by atoms with Crippen LogP contribution in [0.2, 0.25) is 0 Å². The van der Waals surface area contributed by atoms with Gasteiger partial charge in [-0.05, 0) is 20.8 Å². The Hall–Kier alpha value is -1.65. The summed E-state index contributed by atoms with van der Waals surface area (Å²) in [5, 5.41) is 0. The molecular formula is C11H17N3O2. The lowest BCUT2D eigenvalue weighted by molar-refractivity contribution is -0.141. The smallest absolute Gasteiger partial charge is 0.325 e. The van der Waals surface area contributed by atoms with Crippen molar-refractivity contribution in [2.24, 2.45) is 0 Å². The Balaban J connectivity index is 2.69. The van der Waals surface area contributed by atoms with Gasteiger partial charge in [0.2, 0.25) is 0 Å². The number of rotatable bonds is 4. The first-order valence-electron chi connectivity index (χ1n) is 5.21. The Bertz CT molecular complexity index is 379. The topological polar surface area (TPSA) is 55.3 Å². The highest BCUT2D eigenvalue weighted by Gasteiger charge is 2.10. The maximum absolute atomic E-state index is 11.3. The number of carbonyl (C=O) groups excluding carboxylic acids is 1. The Kier molecular flexibility index (Phi) is 4.22. The van der Waals surface area contributed by atoms with Crippen LogP contribution in [-0.2, 0) is 9.53 Å². The lowest BCUT2D eigenvalue weighted by atomic mass is 10.3. The predicted molar refractivity (Wildman–Crippen MR) is 61.4 cm³/mol. The van der Waals surface area contributed by atoms with Gasteiger partial charge in [-0.2, -0.15) is 0 Å². The maximum atomic E-state index is 11.3. The number of carbonyl (C=O) groups is 1. The predicted octanol–water partition coefficient (Wildman–Crippen LogP) is 1.09. The van der Waals surface area contributed by atoms with Crippen LogP contribution < -0.4 is 4.90 Å². The minimum atomic E-state index is -0.259. The van der Waals surface area contributed by atoms with E-state index in [9.17, 15) is 4.79 Å². The lowest BCUT2D eigenvalue weighted by Gasteiger charge is -2.17. The Labute approximate surface area is 95.5 Å². The van der Waals surface area contributed by atoms with Crippen LogP contribution in [0.15, 0.2) is 6.20 Å². The monoisotopic (exact) mass is 223 g/mol. The molecule has 0 N–H and O–H groups in total. The molecule has 1 aromatic heterocycles. The van der Waals surface area contributed by atoms with Gasteiger partial charge >= 0.3 is 5.97 Å². The third-order valence-corrected chi connectivity index (χ3v) is 2.24. The van der Waals surface area contributed by atoms with E-state index in [2.05, 4.69) is 9.97 Å². The molecule has 0 amide bonds. The van der Waals surface area contributed by atoms with Crippen LogP contribution in [0.1, 0.15) is 18.3 Å². The Morgan fingerprint density at radius 2 is 2.12 bits per heavy atom. The van der Waals surface area contributed by atoms with Crippen molar-refractivity contribution in [3.05, 3.63) is 17.6 Å². The summed E-state index contributed by atoms with van der Waals surface area (Å²) in [5.41, 5.74) is 1.77. The highest BCUT2D eigenvalue weighted by Crippen LogP contribution is 2.09. The van der Waals surface area contributed by atoms with Crippen LogP contribution >= 0.6 is 0 Å². The molecule has 0 spiro atoms. The van der Waals surface area contributed by atoms with Crippen LogP contribution in [0, 0.1) is 13.8 Å². The largest absolute Gasteiger partial charge is 0.465 e. The molecule has 0 aliphatic rings. The van der Waals surface area contributed by atoms with E-state index in [1.807, 2.05) is 13.8 Å². The molecule has 5 heteroatoms. The fourth-order valence-electron chi connectivity index (χ4n) is 1.19. The van der Waals surface area contributed by atoms with Gasteiger partial charge in [0.25, 0.3) is 0 Å². The zero-order valence-electron chi connectivity index (χ0n) is 10.1. The number of anilines is 1. The van der Waals surface area contributed by atoms with E-state index in [0.717, 1.165) is 11.4 Å². The van der Waals surface area contributed by atoms with Gasteiger partial charge in [0.1, 0.15) is 12.4 Å². The number of likely N-dealkylation sites (N-methyl/N-ethyl adjacent to an activating group) is 1. The van der Waals surface area contributed by atoms with Gasteiger partial charge in [0.15, 0.2) is 0 Å². The third-order valence-electron chi connectivity index (χ3n) is 2.24. The second-order valence-corrected chi connectivity index (χ2v) is 3.56. The van der Waals surface area contributed by atoms with E-state index in [-0.39, 0.29) is 12.5 Å². The first-order chi connectivity index (χ1) is 7.54. The number of esters is 1. The second-order valence-electron chi connectivity index (χ2n) is 3.56. The summed E-state index contributed by atoms with van der Waals surface area (Å²) in [6.45, 7) is 6.16. The van der Waals surface area contributed by atoms with Crippen molar-refractivity contribution in [1.29, 1.82) is 0 Å². The number of aromatic nitrogens is 2. The highest BCUT2D eigenvalue weighted by molar-refractivity contribution is 5.75. The van der Waals surface area contributed by atoms with Gasteiger partial charge in [-0.15, -0.1) is 0 Å². The van der Waals surface area contributed by atoms with Gasteiger partial charge in [-0.3, -0.25) is 9.78 Å². The van der Waals surface area contributed by atoms with Crippen LogP contribution in [-0.4, -0.2) is 36.1 Å². The maximum Gasteiger partial charge on any atom is 0.325 e. The second kappa shape index (κ2) is 5.44. The summed E-state index contributed by atoms with van der Waals surface area (Å²) in [6, 6.07) is 0. The fourth-order valence-corrected chi connectivity index (χ4v) is 1.19. The summed E-state index contributed by atoms with van der Waals surface area (Å²) < 4.78 is 4.86. The Morgan fingerprint density at radius 1 is 1.44 bits per heavy atom. The minimum absolute atomic E-state index is 0.186. The molecule has 1 heterocycles. The molecule has 0 saturated carbocycles. The number of hydrogen-bond donors (Lipinski definition) is 0. The van der Waals surface area contributed by atoms with Crippen LogP contribution in [0.4, 0.5) is 5.82 Å². The van der Waals surface area contributed by atoms with Gasteiger partial charge in [-0.1, -0.05) is 0 Å². The molecule has 0 atom stereocenters. The zero-order valence-corrected chi connectivity index (χ0v) is 10.1. The van der Waals surface area contributed by atoms with Crippen LogP contribution in [0.5, 0.6) is 0 Å². The van der Waals surface area contributed by atoms with E-state index in [0.29, 0.717) is 12.4 Å². The first-order valence-corrected chi connectivity index (χ1v) is 5.21. The van der Waals surface area contributed by atoms with E-state index in [1.54, 1.807) is 25.1 Å². The van der Waals surface area contributed by atoms with Crippen molar-refractivity contribution in [3.8, 4) is 0 Å². The van der Waals surface area contributed by atoms with E-state index < -0.39 is 0 Å². The van der Waals surface area contributed by atoms with E-state index in [4.69, 9.17) is 4.74 Å². The van der Waals surface area contributed by atoms with Crippen molar-refractivity contribution in [1.82, 2.24) is 9.97 Å². The van der Waals surface area contributed by atoms with Gasteiger partial charge in [-0.25, -0.2) is 4.98 Å². The highest BCUT2D eigenvalue weighted by atomic mass is 16.5. The molecule has 88 valence electrons. The van der Waals surface area contributed by atoms with E-state index >= 15 is 0 Å². The van der Waals surface area contributed by atoms with Crippen LogP contribution in [0.25, 0.3) is 0 Å². The van der Waals surface area contributed by atoms with Crippen LogP contribution in [0.3, 0.4) is 0 Å². The summed E-state index contributed by atoms with van der Waals surface area (Å²) in [7, 11) is 1.79. The zero-order chi connectivity index (χ0) is 12.1. The molecule has 1 rings (SSSR count). The number of nitrogens with zero attached hydrogens (tertiary/aromatic N) is 3. The summed E-state index contributed by atoms with van der Waals surface area (Å²) in [6.07, 6.45) is 1.65. The summed E-state index contributed by atoms with van der Waals surface area (Å²) in [4.78, 5) is 21.5. The Morgan fingerprint density at radius 3 is 2.69 bits per heavy atom. The van der Waals surface area contributed by atoms with Gasteiger partial charge in [0, 0.05) is 7.05 Å². The standard InChI is InChI=1S/C11H17N3O2/c1-5-16-11(15)7-14(4)10-6-12-8(2)9(3)13-10/h6H,5,7H2,1-4H3. The molecule has 0 saturated heterocycles. The number of ether oxygens (including phenoxy) is 1. The van der Waals surface area contributed by atoms with Gasteiger partial charge < -0.3 is 9.64 Å². The molecule has 0 unspecified atom stereocenters. The quantitative estimate of drug-likeness (QED) is 0.715. The molecule has 1 aromatic rings. The molecule has 0 aromatic carbocycles. The van der Waals surface area contributed by atoms with Crippen molar-refractivity contribution in [2.75, 3.05) is 25.1 Å². The molecular weight excluding hydrogens is 206 g/mol. The SMILES string of the molecule is CCOC(=O)CN(C)c1cnc(C)c(C)n1. The molecule has 16 heavy (non-hydrogen) atoms. The van der Waals surface area contributed by atoms with E-state index in [1.165, 1.54) is 0 Å². The first kappa shape index (κ1) is 12.4. The number of aryl methyl sites for hydroxylation is 2. The van der Waals surface area contributed by atoms with Crippen molar-refractivity contribution < 1.29 is 9.53 Å². The summed E-state index contributed by atoms with van der Waals surface area (Å²) >= 11 is 0. The summed E-state index contributed by atoms with van der Waals surface area (Å²) in [5.74, 6) is 0.418. The van der Waals surface area contributed by atoms with Gasteiger partial charge in [0.05, 0.1) is 24.2 Å². The van der Waals surface area contributed by atoms with Crippen molar-refractivity contribution >= 4 is 11.8 Å². The number of hydrogen-bond acceptors (Lipinski definition) is 5. The molecule has 0 fully saturated rings. The van der Waals surface area contributed by atoms with Crippen molar-refractivity contribution in [2.45, 2.75) is 20.8 Å². The fraction of sp³-hybridized carbons (Fsp3) is 0.545. The molecule has 0 radical (unpaired) electrons. The third kappa shape index (κ3) is 3.18. The lowest BCUT2D eigenvalue weighted by Crippen LogP contribution is -2.28. The average Bonchev–Trinajstić information content (AvgIpc) is 2.22. The van der Waals surface area contributed by atoms with Crippen molar-refractivity contribution in [3.63, 3.8) is 0 Å².